The van der Waals surface area contributed by atoms with Gasteiger partial charge in [-0.25, -0.2) is 4.39 Å². The SMILES string of the molecule is O=C(NCc1ccccc1F)C1CCN(C(=O)C2CCCO2)CC1. The van der Waals surface area contributed by atoms with Crippen LogP contribution in [0.2, 0.25) is 0 Å². The number of halogens is 1. The summed E-state index contributed by atoms with van der Waals surface area (Å²) in [5.74, 6) is -0.444. The first-order chi connectivity index (χ1) is 11.6. The number of carbonyl (C=O) groups is 2. The Morgan fingerprint density at radius 3 is 2.62 bits per heavy atom. The summed E-state index contributed by atoms with van der Waals surface area (Å²) in [6.45, 7) is 2.01. The Kier molecular flexibility index (Phi) is 5.45. The van der Waals surface area contributed by atoms with Crippen LogP contribution in [0.5, 0.6) is 0 Å². The van der Waals surface area contributed by atoms with E-state index in [1.165, 1.54) is 6.07 Å². The second kappa shape index (κ2) is 7.75. The summed E-state index contributed by atoms with van der Waals surface area (Å²) in [6, 6.07) is 6.43. The van der Waals surface area contributed by atoms with Crippen molar-refractivity contribution in [1.29, 1.82) is 0 Å². The van der Waals surface area contributed by atoms with Crippen LogP contribution in [0.15, 0.2) is 24.3 Å². The average Bonchev–Trinajstić information content (AvgIpc) is 3.15. The Labute approximate surface area is 141 Å². The Hall–Kier alpha value is -1.95. The lowest BCUT2D eigenvalue weighted by Gasteiger charge is -2.32. The molecule has 2 amide bonds. The highest BCUT2D eigenvalue weighted by Gasteiger charge is 2.32. The van der Waals surface area contributed by atoms with Crippen molar-refractivity contribution < 1.29 is 18.7 Å². The summed E-state index contributed by atoms with van der Waals surface area (Å²) >= 11 is 0. The van der Waals surface area contributed by atoms with Gasteiger partial charge in [-0.05, 0) is 31.7 Å². The molecule has 24 heavy (non-hydrogen) atoms. The van der Waals surface area contributed by atoms with Crippen LogP contribution in [0.1, 0.15) is 31.2 Å². The summed E-state index contributed by atoms with van der Waals surface area (Å²) in [5.41, 5.74) is 0.483. The number of carbonyl (C=O) groups excluding carboxylic acids is 2. The number of rotatable bonds is 4. The van der Waals surface area contributed by atoms with E-state index in [-0.39, 0.29) is 36.2 Å². The van der Waals surface area contributed by atoms with Gasteiger partial charge in [-0.3, -0.25) is 9.59 Å². The lowest BCUT2D eigenvalue weighted by atomic mass is 9.95. The molecule has 2 aliphatic rings. The third kappa shape index (κ3) is 3.93. The molecule has 1 aromatic carbocycles. The quantitative estimate of drug-likeness (QED) is 0.914. The zero-order valence-electron chi connectivity index (χ0n) is 13.7. The van der Waals surface area contributed by atoms with Crippen LogP contribution in [-0.4, -0.2) is 42.5 Å². The van der Waals surface area contributed by atoms with Gasteiger partial charge in [0.1, 0.15) is 11.9 Å². The van der Waals surface area contributed by atoms with Gasteiger partial charge in [-0.15, -0.1) is 0 Å². The van der Waals surface area contributed by atoms with Crippen LogP contribution >= 0.6 is 0 Å². The first kappa shape index (κ1) is 16.9. The minimum atomic E-state index is -0.310. The van der Waals surface area contributed by atoms with Crippen molar-refractivity contribution in [1.82, 2.24) is 10.2 Å². The molecule has 3 rings (SSSR count). The van der Waals surface area contributed by atoms with Crippen molar-refractivity contribution >= 4 is 11.8 Å². The summed E-state index contributed by atoms with van der Waals surface area (Å²) in [5, 5.41) is 2.80. The highest BCUT2D eigenvalue weighted by molar-refractivity contribution is 5.82. The second-order valence-corrected chi connectivity index (χ2v) is 6.41. The van der Waals surface area contributed by atoms with Crippen LogP contribution in [0.3, 0.4) is 0 Å². The van der Waals surface area contributed by atoms with Gasteiger partial charge in [0, 0.05) is 37.7 Å². The van der Waals surface area contributed by atoms with Gasteiger partial charge in [-0.1, -0.05) is 18.2 Å². The zero-order chi connectivity index (χ0) is 16.9. The van der Waals surface area contributed by atoms with Gasteiger partial charge in [-0.2, -0.15) is 0 Å². The number of hydrogen-bond donors (Lipinski definition) is 1. The van der Waals surface area contributed by atoms with Gasteiger partial charge in [0.2, 0.25) is 5.91 Å². The number of nitrogens with zero attached hydrogens (tertiary/aromatic N) is 1. The molecule has 5 nitrogen and oxygen atoms in total. The average molecular weight is 334 g/mol. The van der Waals surface area contributed by atoms with Crippen LogP contribution in [0.25, 0.3) is 0 Å². The van der Waals surface area contributed by atoms with Crippen molar-refractivity contribution in [2.75, 3.05) is 19.7 Å². The smallest absolute Gasteiger partial charge is 0.251 e. The number of benzene rings is 1. The maximum absolute atomic E-state index is 13.6. The van der Waals surface area contributed by atoms with Crippen LogP contribution in [0, 0.1) is 11.7 Å². The maximum atomic E-state index is 13.6. The molecule has 130 valence electrons. The van der Waals surface area contributed by atoms with E-state index in [1.807, 2.05) is 0 Å². The van der Waals surface area contributed by atoms with E-state index < -0.39 is 0 Å². The normalized spacial score (nSPS) is 21.7. The van der Waals surface area contributed by atoms with Crippen molar-refractivity contribution in [3.8, 4) is 0 Å². The first-order valence-corrected chi connectivity index (χ1v) is 8.56. The second-order valence-electron chi connectivity index (χ2n) is 6.41. The molecule has 1 atom stereocenters. The molecule has 0 saturated carbocycles. The molecular formula is C18H23FN2O3. The van der Waals surface area contributed by atoms with Gasteiger partial charge in [0.25, 0.3) is 5.91 Å². The monoisotopic (exact) mass is 334 g/mol. The first-order valence-electron chi connectivity index (χ1n) is 8.56. The standard InChI is InChI=1S/C18H23FN2O3/c19-15-5-2-1-4-14(15)12-20-17(22)13-7-9-21(10-8-13)18(23)16-6-3-11-24-16/h1-2,4-5,13,16H,3,6-12H2,(H,20,22). The minimum Gasteiger partial charge on any atom is -0.368 e. The highest BCUT2D eigenvalue weighted by Crippen LogP contribution is 2.21. The summed E-state index contributed by atoms with van der Waals surface area (Å²) in [4.78, 5) is 26.3. The molecule has 1 aromatic rings. The van der Waals surface area contributed by atoms with E-state index >= 15 is 0 Å². The number of piperidine rings is 1. The summed E-state index contributed by atoms with van der Waals surface area (Å²) < 4.78 is 19.0. The van der Waals surface area contributed by atoms with E-state index in [0.29, 0.717) is 38.1 Å². The molecule has 0 radical (unpaired) electrons. The topological polar surface area (TPSA) is 58.6 Å². The van der Waals surface area contributed by atoms with E-state index in [1.54, 1.807) is 23.1 Å². The third-order valence-corrected chi connectivity index (χ3v) is 4.79. The number of amides is 2. The predicted molar refractivity (Wildman–Crippen MR) is 86.5 cm³/mol. The van der Waals surface area contributed by atoms with Crippen molar-refractivity contribution in [3.63, 3.8) is 0 Å². The molecule has 1 N–H and O–H groups in total. The Morgan fingerprint density at radius 1 is 1.21 bits per heavy atom. The number of nitrogens with one attached hydrogen (secondary N) is 1. The third-order valence-electron chi connectivity index (χ3n) is 4.79. The fourth-order valence-corrected chi connectivity index (χ4v) is 3.31. The zero-order valence-corrected chi connectivity index (χ0v) is 13.7. The van der Waals surface area contributed by atoms with Gasteiger partial charge in [0.05, 0.1) is 0 Å². The van der Waals surface area contributed by atoms with Crippen molar-refractivity contribution in [2.24, 2.45) is 5.92 Å². The number of likely N-dealkylation sites (tertiary alicyclic amines) is 1. The summed E-state index contributed by atoms with van der Waals surface area (Å²) in [6.07, 6.45) is 2.72. The molecule has 0 bridgehead atoms. The summed E-state index contributed by atoms with van der Waals surface area (Å²) in [7, 11) is 0. The molecule has 2 saturated heterocycles. The van der Waals surface area contributed by atoms with Crippen LogP contribution in [0.4, 0.5) is 4.39 Å². The minimum absolute atomic E-state index is 0.0534. The van der Waals surface area contributed by atoms with E-state index in [9.17, 15) is 14.0 Å². The Bertz CT molecular complexity index is 594. The molecule has 6 heteroatoms. The van der Waals surface area contributed by atoms with Crippen LogP contribution in [-0.2, 0) is 20.9 Å². The Morgan fingerprint density at radius 2 is 1.96 bits per heavy atom. The van der Waals surface area contributed by atoms with Crippen molar-refractivity contribution in [3.05, 3.63) is 35.6 Å². The molecule has 0 spiro atoms. The van der Waals surface area contributed by atoms with Gasteiger partial charge < -0.3 is 15.0 Å². The molecular weight excluding hydrogens is 311 g/mol. The van der Waals surface area contributed by atoms with E-state index in [4.69, 9.17) is 4.74 Å². The molecule has 2 fully saturated rings. The molecule has 0 aliphatic carbocycles. The fraction of sp³-hybridized carbons (Fsp3) is 0.556. The Balaban J connectivity index is 1.45. The highest BCUT2D eigenvalue weighted by atomic mass is 19.1. The largest absolute Gasteiger partial charge is 0.368 e. The lowest BCUT2D eigenvalue weighted by Crippen LogP contribution is -2.46. The molecule has 2 heterocycles. The number of ether oxygens (including phenoxy) is 1. The number of hydrogen-bond acceptors (Lipinski definition) is 3. The van der Waals surface area contributed by atoms with E-state index in [0.717, 1.165) is 12.8 Å². The molecule has 0 aromatic heterocycles. The van der Waals surface area contributed by atoms with Gasteiger partial charge >= 0.3 is 0 Å². The molecule has 2 aliphatic heterocycles. The van der Waals surface area contributed by atoms with E-state index in [2.05, 4.69) is 5.32 Å². The van der Waals surface area contributed by atoms with Gasteiger partial charge in [0.15, 0.2) is 0 Å². The predicted octanol–water partition coefficient (Wildman–Crippen LogP) is 1.86. The fourth-order valence-electron chi connectivity index (χ4n) is 3.31. The molecule has 1 unspecified atom stereocenters. The van der Waals surface area contributed by atoms with Crippen LogP contribution < -0.4 is 5.32 Å². The van der Waals surface area contributed by atoms with Crippen molar-refractivity contribution in [2.45, 2.75) is 38.3 Å². The maximum Gasteiger partial charge on any atom is 0.251 e. The lowest BCUT2D eigenvalue weighted by molar-refractivity contribution is -0.143.